The first kappa shape index (κ1) is 18.8. The summed E-state index contributed by atoms with van der Waals surface area (Å²) in [6, 6.07) is 3.36. The third kappa shape index (κ3) is 5.79. The molecule has 2 rings (SSSR count). The zero-order valence-corrected chi connectivity index (χ0v) is 14.7. The van der Waals surface area contributed by atoms with Crippen molar-refractivity contribution in [3.05, 3.63) is 30.0 Å². The molecule has 2 heterocycles. The van der Waals surface area contributed by atoms with Crippen molar-refractivity contribution in [1.29, 1.82) is 0 Å². The molecular formula is C16H21BN2O6. The molecule has 0 unspecified atom stereocenters. The van der Waals surface area contributed by atoms with Crippen LogP contribution in [-0.4, -0.2) is 60.4 Å². The normalized spacial score (nSPS) is 17.0. The van der Waals surface area contributed by atoms with Crippen LogP contribution in [0.5, 0.6) is 0 Å². The summed E-state index contributed by atoms with van der Waals surface area (Å²) >= 11 is 0. The average molecular weight is 348 g/mol. The molecule has 1 aliphatic rings. The highest BCUT2D eigenvalue weighted by Gasteiger charge is 2.29. The Balaban J connectivity index is 2.11. The molecule has 0 aliphatic carbocycles. The van der Waals surface area contributed by atoms with E-state index < -0.39 is 30.8 Å². The van der Waals surface area contributed by atoms with E-state index in [0.717, 1.165) is 0 Å². The number of hydrogen-bond donors (Lipinski definition) is 0. The minimum atomic E-state index is -1.14. The van der Waals surface area contributed by atoms with Crippen molar-refractivity contribution in [2.75, 3.05) is 20.1 Å². The molecule has 0 saturated carbocycles. The summed E-state index contributed by atoms with van der Waals surface area (Å²) in [5, 5.41) is 0. The largest absolute Gasteiger partial charge is 0.628 e. The zero-order valence-electron chi connectivity index (χ0n) is 14.7. The first-order valence-electron chi connectivity index (χ1n) is 7.80. The molecule has 0 N–H and O–H groups in total. The molecule has 1 aliphatic heterocycles. The molecule has 0 radical (unpaired) electrons. The molecule has 1 aromatic heterocycles. The lowest BCUT2D eigenvalue weighted by molar-refractivity contribution is -0.145. The van der Waals surface area contributed by atoms with Gasteiger partial charge >= 0.3 is 25.2 Å². The fourth-order valence-corrected chi connectivity index (χ4v) is 2.12. The lowest BCUT2D eigenvalue weighted by Crippen LogP contribution is -2.41. The summed E-state index contributed by atoms with van der Waals surface area (Å²) < 4.78 is 16.8. The van der Waals surface area contributed by atoms with Gasteiger partial charge in [-0.05, 0) is 52.0 Å². The standard InChI is InChI=1S/C16H21BN2O6/c1-16(2,3)23-15(22)19-9-5-6-12(19)7-8-17-24-13(20)10-18(4)11-14(21)25-17/h5-9H,10-11H2,1-4H3/b8-7-. The topological polar surface area (TPSA) is 87.1 Å². The van der Waals surface area contributed by atoms with Crippen LogP contribution in [-0.2, 0) is 23.6 Å². The summed E-state index contributed by atoms with van der Waals surface area (Å²) in [5.74, 6) is 0.386. The summed E-state index contributed by atoms with van der Waals surface area (Å²) in [6.07, 6.45) is 2.55. The van der Waals surface area contributed by atoms with Crippen LogP contribution in [0.3, 0.4) is 0 Å². The second kappa shape index (κ2) is 7.56. The van der Waals surface area contributed by atoms with E-state index in [9.17, 15) is 14.4 Å². The van der Waals surface area contributed by atoms with Crippen molar-refractivity contribution in [2.24, 2.45) is 0 Å². The maximum atomic E-state index is 12.2. The number of rotatable bonds is 2. The van der Waals surface area contributed by atoms with Crippen molar-refractivity contribution in [2.45, 2.75) is 26.4 Å². The highest BCUT2D eigenvalue weighted by molar-refractivity contribution is 6.55. The fraction of sp³-hybridized carbons (Fsp3) is 0.438. The van der Waals surface area contributed by atoms with Crippen molar-refractivity contribution in [3.8, 4) is 0 Å². The van der Waals surface area contributed by atoms with Crippen LogP contribution in [0.1, 0.15) is 26.5 Å². The number of nitrogens with zero attached hydrogens (tertiary/aromatic N) is 2. The number of hydrogen-bond acceptors (Lipinski definition) is 7. The van der Waals surface area contributed by atoms with Gasteiger partial charge in [0.05, 0.1) is 18.8 Å². The molecule has 25 heavy (non-hydrogen) atoms. The van der Waals surface area contributed by atoms with Crippen LogP contribution < -0.4 is 0 Å². The predicted molar refractivity (Wildman–Crippen MR) is 90.5 cm³/mol. The summed E-state index contributed by atoms with van der Waals surface area (Å²) in [6.45, 7) is 5.30. The highest BCUT2D eigenvalue weighted by atomic mass is 16.6. The third-order valence-corrected chi connectivity index (χ3v) is 3.09. The van der Waals surface area contributed by atoms with Crippen molar-refractivity contribution < 1.29 is 28.4 Å². The maximum absolute atomic E-state index is 12.2. The van der Waals surface area contributed by atoms with E-state index in [2.05, 4.69) is 0 Å². The van der Waals surface area contributed by atoms with Crippen LogP contribution in [0.15, 0.2) is 24.3 Å². The number of carbonyl (C=O) groups excluding carboxylic acids is 3. The van der Waals surface area contributed by atoms with Gasteiger partial charge in [0.1, 0.15) is 5.60 Å². The number of likely N-dealkylation sites (N-methyl/N-ethyl adjacent to an activating group) is 1. The Bertz CT molecular complexity index is 671. The van der Waals surface area contributed by atoms with Crippen LogP contribution in [0.4, 0.5) is 4.79 Å². The van der Waals surface area contributed by atoms with Gasteiger partial charge in [-0.1, -0.05) is 0 Å². The molecule has 0 aromatic carbocycles. The molecule has 0 amide bonds. The molecule has 0 bridgehead atoms. The molecule has 0 atom stereocenters. The Morgan fingerprint density at radius 3 is 2.40 bits per heavy atom. The number of ether oxygens (including phenoxy) is 1. The van der Waals surface area contributed by atoms with Crippen LogP contribution in [0.2, 0.25) is 0 Å². The van der Waals surface area contributed by atoms with Gasteiger partial charge in [-0.2, -0.15) is 0 Å². The zero-order chi connectivity index (χ0) is 18.6. The van der Waals surface area contributed by atoms with Crippen molar-refractivity contribution >= 4 is 31.2 Å². The van der Waals surface area contributed by atoms with E-state index in [1.807, 2.05) is 0 Å². The third-order valence-electron chi connectivity index (χ3n) is 3.09. The van der Waals surface area contributed by atoms with Crippen LogP contribution in [0, 0.1) is 0 Å². The number of aromatic nitrogens is 1. The second-order valence-corrected chi connectivity index (χ2v) is 6.66. The van der Waals surface area contributed by atoms with Gasteiger partial charge in [0.25, 0.3) is 0 Å². The molecule has 0 spiro atoms. The lowest BCUT2D eigenvalue weighted by Gasteiger charge is -2.21. The Labute approximate surface area is 146 Å². The van der Waals surface area contributed by atoms with E-state index in [0.29, 0.717) is 5.69 Å². The number of carbonyl (C=O) groups is 3. The predicted octanol–water partition coefficient (Wildman–Crippen LogP) is 1.34. The van der Waals surface area contributed by atoms with E-state index in [-0.39, 0.29) is 13.1 Å². The average Bonchev–Trinajstić information content (AvgIpc) is 2.89. The first-order valence-corrected chi connectivity index (χ1v) is 7.80. The van der Waals surface area contributed by atoms with E-state index in [1.54, 1.807) is 46.1 Å². The van der Waals surface area contributed by atoms with Gasteiger partial charge in [0, 0.05) is 6.20 Å². The SMILES string of the molecule is CN1CC(=O)OB(/C=C\c2cccn2C(=O)OC(C)(C)C)OC(=O)C1. The molecule has 134 valence electrons. The fourth-order valence-electron chi connectivity index (χ4n) is 2.12. The monoisotopic (exact) mass is 348 g/mol. The summed E-state index contributed by atoms with van der Waals surface area (Å²) in [7, 11) is 0.475. The van der Waals surface area contributed by atoms with Gasteiger partial charge < -0.3 is 14.0 Å². The van der Waals surface area contributed by atoms with E-state index >= 15 is 0 Å². The smallest absolute Gasteiger partial charge is 0.495 e. The van der Waals surface area contributed by atoms with Gasteiger partial charge in [-0.15, -0.1) is 0 Å². The highest BCUT2D eigenvalue weighted by Crippen LogP contribution is 2.13. The minimum Gasteiger partial charge on any atom is -0.495 e. The van der Waals surface area contributed by atoms with Gasteiger partial charge in [-0.25, -0.2) is 4.79 Å². The van der Waals surface area contributed by atoms with Gasteiger partial charge in [0.2, 0.25) is 0 Å². The maximum Gasteiger partial charge on any atom is 0.628 e. The summed E-state index contributed by atoms with van der Waals surface area (Å²) in [4.78, 5) is 37.0. The quantitative estimate of drug-likeness (QED) is 0.746. The molecule has 1 aromatic rings. The van der Waals surface area contributed by atoms with Crippen molar-refractivity contribution in [3.63, 3.8) is 0 Å². The van der Waals surface area contributed by atoms with Crippen molar-refractivity contribution in [1.82, 2.24) is 9.47 Å². The Morgan fingerprint density at radius 2 is 1.84 bits per heavy atom. The minimum absolute atomic E-state index is 0.00622. The van der Waals surface area contributed by atoms with Crippen LogP contribution >= 0.6 is 0 Å². The van der Waals surface area contributed by atoms with E-state index in [1.165, 1.54) is 21.5 Å². The Morgan fingerprint density at radius 1 is 1.24 bits per heavy atom. The molecule has 8 nitrogen and oxygen atoms in total. The van der Waals surface area contributed by atoms with Gasteiger partial charge in [-0.3, -0.25) is 19.1 Å². The Hall–Kier alpha value is -2.55. The molecule has 1 fully saturated rings. The molecule has 1 saturated heterocycles. The van der Waals surface area contributed by atoms with Crippen LogP contribution in [0.25, 0.3) is 6.08 Å². The molecule has 9 heteroatoms. The summed E-state index contributed by atoms with van der Waals surface area (Å²) in [5.41, 5.74) is -0.126. The Kier molecular flexibility index (Phi) is 5.68. The lowest BCUT2D eigenvalue weighted by atomic mass is 9.88. The molecular weight excluding hydrogens is 327 g/mol. The first-order chi connectivity index (χ1) is 11.6. The van der Waals surface area contributed by atoms with Gasteiger partial charge in [0.15, 0.2) is 0 Å². The van der Waals surface area contributed by atoms with E-state index in [4.69, 9.17) is 14.0 Å². The second-order valence-electron chi connectivity index (χ2n) is 6.66.